The number of carbonyl (C=O) groups excluding carboxylic acids is 1. The number of nitrogens with one attached hydrogen (secondary N) is 1. The lowest BCUT2D eigenvalue weighted by Crippen LogP contribution is -2.50. The molecule has 6 heteroatoms. The minimum absolute atomic E-state index is 0. The predicted octanol–water partition coefficient (Wildman–Crippen LogP) is 3.89. The molecule has 0 fully saturated rings. The van der Waals surface area contributed by atoms with Crippen molar-refractivity contribution in [2.45, 2.75) is 45.2 Å². The Bertz CT molecular complexity index is 460. The molecule has 1 rings (SSSR count). The molecule has 0 saturated heterocycles. The number of rotatable bonds is 5. The number of nitrogens with two attached hydrogens (primary N) is 1. The van der Waals surface area contributed by atoms with Crippen molar-refractivity contribution in [3.05, 3.63) is 33.8 Å². The van der Waals surface area contributed by atoms with Crippen LogP contribution in [0.4, 0.5) is 0 Å². The number of hydrogen-bond acceptors (Lipinski definition) is 2. The van der Waals surface area contributed by atoms with E-state index in [-0.39, 0.29) is 18.3 Å². The molecule has 3 N–H and O–H groups in total. The van der Waals surface area contributed by atoms with Crippen molar-refractivity contribution >= 4 is 41.5 Å². The zero-order chi connectivity index (χ0) is 14.6. The highest BCUT2D eigenvalue weighted by Crippen LogP contribution is 2.33. The zero-order valence-corrected chi connectivity index (χ0v) is 14.2. The highest BCUT2D eigenvalue weighted by atomic mass is 35.5. The zero-order valence-electron chi connectivity index (χ0n) is 11.9. The molecule has 0 radical (unpaired) electrons. The Morgan fingerprint density at radius 3 is 2.25 bits per heavy atom. The molecule has 1 aromatic carbocycles. The number of halogens is 3. The van der Waals surface area contributed by atoms with Gasteiger partial charge in [0.2, 0.25) is 5.91 Å². The molecular formula is C14H21Cl3N2O. The highest BCUT2D eigenvalue weighted by Gasteiger charge is 2.31. The van der Waals surface area contributed by atoms with Crippen LogP contribution in [0.1, 0.15) is 39.2 Å². The summed E-state index contributed by atoms with van der Waals surface area (Å²) in [6.45, 7) is 5.71. The van der Waals surface area contributed by atoms with Crippen molar-refractivity contribution in [2.24, 2.45) is 5.73 Å². The van der Waals surface area contributed by atoms with Gasteiger partial charge in [-0.2, -0.15) is 0 Å². The van der Waals surface area contributed by atoms with E-state index in [1.54, 1.807) is 19.1 Å². The molecule has 0 aliphatic heterocycles. The minimum atomic E-state index is -0.541. The summed E-state index contributed by atoms with van der Waals surface area (Å²) in [7, 11) is 0. The lowest BCUT2D eigenvalue weighted by atomic mass is 9.84. The van der Waals surface area contributed by atoms with Crippen LogP contribution < -0.4 is 11.1 Å². The Morgan fingerprint density at radius 2 is 1.85 bits per heavy atom. The normalized spacial score (nSPS) is 12.5. The second-order valence-electron chi connectivity index (χ2n) is 4.70. The van der Waals surface area contributed by atoms with E-state index < -0.39 is 11.6 Å². The predicted molar refractivity (Wildman–Crippen MR) is 87.8 cm³/mol. The van der Waals surface area contributed by atoms with E-state index in [9.17, 15) is 4.79 Å². The van der Waals surface area contributed by atoms with Crippen LogP contribution in [0.5, 0.6) is 0 Å². The average Bonchev–Trinajstić information content (AvgIpc) is 2.39. The van der Waals surface area contributed by atoms with Crippen LogP contribution in [-0.4, -0.2) is 11.9 Å². The molecule has 0 aliphatic carbocycles. The van der Waals surface area contributed by atoms with Gasteiger partial charge in [0.05, 0.1) is 21.6 Å². The van der Waals surface area contributed by atoms with E-state index in [1.165, 1.54) is 0 Å². The first-order chi connectivity index (χ1) is 8.86. The van der Waals surface area contributed by atoms with Gasteiger partial charge >= 0.3 is 0 Å². The Balaban J connectivity index is 0.00000361. The summed E-state index contributed by atoms with van der Waals surface area (Å²) in [4.78, 5) is 11.9. The standard InChI is InChI=1S/C14H20Cl2N2O.ClH/c1-4-14(5-2,18-13(19)9(3)17)10-6-7-11(15)12(16)8-10;/h6-9H,4-5,17H2,1-3H3,(H,18,19);1H/t9-;/m0./s1. The van der Waals surface area contributed by atoms with Crippen molar-refractivity contribution in [1.29, 1.82) is 0 Å². The third-order valence-electron chi connectivity index (χ3n) is 3.46. The molecule has 20 heavy (non-hydrogen) atoms. The Kier molecular flexibility index (Phi) is 7.89. The third kappa shape index (κ3) is 4.26. The van der Waals surface area contributed by atoms with E-state index >= 15 is 0 Å². The summed E-state index contributed by atoms with van der Waals surface area (Å²) in [6, 6.07) is 4.90. The topological polar surface area (TPSA) is 55.1 Å². The van der Waals surface area contributed by atoms with E-state index in [0.717, 1.165) is 18.4 Å². The average molecular weight is 340 g/mol. The third-order valence-corrected chi connectivity index (χ3v) is 4.19. The number of carbonyl (C=O) groups is 1. The van der Waals surface area contributed by atoms with Crippen molar-refractivity contribution < 1.29 is 4.79 Å². The fourth-order valence-electron chi connectivity index (χ4n) is 2.05. The molecule has 0 bridgehead atoms. The SMILES string of the molecule is CCC(CC)(NC(=O)[C@H](C)N)c1ccc(Cl)c(Cl)c1.Cl. The monoisotopic (exact) mass is 338 g/mol. The van der Waals surface area contributed by atoms with Gasteiger partial charge in [0.25, 0.3) is 0 Å². The Morgan fingerprint density at radius 1 is 1.30 bits per heavy atom. The van der Waals surface area contributed by atoms with Crippen LogP contribution in [0.25, 0.3) is 0 Å². The summed E-state index contributed by atoms with van der Waals surface area (Å²) >= 11 is 12.0. The molecule has 1 aromatic rings. The Hall–Kier alpha value is -0.480. The highest BCUT2D eigenvalue weighted by molar-refractivity contribution is 6.42. The lowest BCUT2D eigenvalue weighted by molar-refractivity contribution is -0.124. The minimum Gasteiger partial charge on any atom is -0.345 e. The van der Waals surface area contributed by atoms with Crippen LogP contribution in [0.2, 0.25) is 10.0 Å². The molecule has 1 amide bonds. The molecule has 0 aliphatic rings. The summed E-state index contributed by atoms with van der Waals surface area (Å²) in [5.41, 5.74) is 6.11. The van der Waals surface area contributed by atoms with Gasteiger partial charge in [0, 0.05) is 0 Å². The maximum Gasteiger partial charge on any atom is 0.237 e. The van der Waals surface area contributed by atoms with Gasteiger partial charge in [-0.25, -0.2) is 0 Å². The van der Waals surface area contributed by atoms with E-state index in [4.69, 9.17) is 28.9 Å². The van der Waals surface area contributed by atoms with E-state index in [2.05, 4.69) is 5.32 Å². The quantitative estimate of drug-likeness (QED) is 0.855. The maximum absolute atomic E-state index is 11.9. The summed E-state index contributed by atoms with van der Waals surface area (Å²) in [6.07, 6.45) is 1.50. The van der Waals surface area contributed by atoms with Crippen molar-refractivity contribution in [1.82, 2.24) is 5.32 Å². The molecule has 0 unspecified atom stereocenters. The molecule has 114 valence electrons. The molecule has 3 nitrogen and oxygen atoms in total. The van der Waals surface area contributed by atoms with Gasteiger partial charge < -0.3 is 11.1 Å². The van der Waals surface area contributed by atoms with E-state index in [0.29, 0.717) is 10.0 Å². The van der Waals surface area contributed by atoms with Crippen LogP contribution in [0.3, 0.4) is 0 Å². The summed E-state index contributed by atoms with van der Waals surface area (Å²) < 4.78 is 0. The molecule has 0 spiro atoms. The van der Waals surface area contributed by atoms with Gasteiger partial charge in [-0.05, 0) is 37.5 Å². The van der Waals surface area contributed by atoms with Crippen LogP contribution in [0.15, 0.2) is 18.2 Å². The van der Waals surface area contributed by atoms with Crippen molar-refractivity contribution in [3.8, 4) is 0 Å². The van der Waals surface area contributed by atoms with Gasteiger partial charge in [-0.1, -0.05) is 43.1 Å². The van der Waals surface area contributed by atoms with Gasteiger partial charge in [0.15, 0.2) is 0 Å². The van der Waals surface area contributed by atoms with Gasteiger partial charge in [0.1, 0.15) is 0 Å². The number of amides is 1. The smallest absolute Gasteiger partial charge is 0.237 e. The fraction of sp³-hybridized carbons (Fsp3) is 0.500. The van der Waals surface area contributed by atoms with Crippen LogP contribution >= 0.6 is 35.6 Å². The summed E-state index contributed by atoms with van der Waals surface area (Å²) in [5.74, 6) is -0.172. The van der Waals surface area contributed by atoms with Gasteiger partial charge in [-0.15, -0.1) is 12.4 Å². The molecule has 0 heterocycles. The molecule has 0 saturated carbocycles. The first-order valence-corrected chi connectivity index (χ1v) is 7.15. The lowest BCUT2D eigenvalue weighted by Gasteiger charge is -2.34. The molecule has 0 aromatic heterocycles. The second kappa shape index (κ2) is 8.08. The number of hydrogen-bond donors (Lipinski definition) is 2. The first kappa shape index (κ1) is 19.5. The molecular weight excluding hydrogens is 319 g/mol. The van der Waals surface area contributed by atoms with Crippen molar-refractivity contribution in [2.75, 3.05) is 0 Å². The largest absolute Gasteiger partial charge is 0.345 e. The van der Waals surface area contributed by atoms with E-state index in [1.807, 2.05) is 19.9 Å². The number of benzene rings is 1. The fourth-order valence-corrected chi connectivity index (χ4v) is 2.35. The van der Waals surface area contributed by atoms with Crippen LogP contribution in [-0.2, 0) is 10.3 Å². The van der Waals surface area contributed by atoms with Gasteiger partial charge in [-0.3, -0.25) is 4.79 Å². The second-order valence-corrected chi connectivity index (χ2v) is 5.51. The molecule has 1 atom stereocenters. The summed E-state index contributed by atoms with van der Waals surface area (Å²) in [5, 5.41) is 4.02. The maximum atomic E-state index is 11.9. The van der Waals surface area contributed by atoms with Crippen molar-refractivity contribution in [3.63, 3.8) is 0 Å². The first-order valence-electron chi connectivity index (χ1n) is 6.39. The van der Waals surface area contributed by atoms with Crippen LogP contribution in [0, 0.1) is 0 Å². The Labute approximate surface area is 136 Å².